The van der Waals surface area contributed by atoms with E-state index in [1.54, 1.807) is 0 Å². The van der Waals surface area contributed by atoms with Crippen molar-refractivity contribution < 1.29 is 34.1 Å². The van der Waals surface area contributed by atoms with Gasteiger partial charge in [-0.15, -0.1) is 0 Å². The van der Waals surface area contributed by atoms with E-state index in [9.17, 15) is 24.6 Å². The van der Waals surface area contributed by atoms with Gasteiger partial charge in [0, 0.05) is 6.08 Å². The van der Waals surface area contributed by atoms with Crippen LogP contribution in [0.2, 0.25) is 0 Å². The minimum Gasteiger partial charge on any atom is -0.460 e. The highest BCUT2D eigenvalue weighted by Crippen LogP contribution is 2.22. The number of ether oxygens (including phenoxy) is 2. The molecule has 1 aliphatic rings. The number of aliphatic hydroxyl groups is 2. The standard InChI is InChI=1S/C26H44O7/c1-17(2)9-6-10-18(3)11-7-12-19(4)13-8-14-20(5)15-22(28)32-16-21(27)25-23(29)24(30)26(31)33-25/h15,17-19,21,24-25,27,30H,6-14,16H2,1-5H3. The van der Waals surface area contributed by atoms with Gasteiger partial charge in [0.15, 0.2) is 6.10 Å². The fourth-order valence-corrected chi connectivity index (χ4v) is 4.06. The Bertz CT molecular complexity index is 655. The molecule has 0 amide bonds. The number of Topliss-reactive ketones (excluding diaryl/α,β-unsaturated/α-hetero) is 1. The summed E-state index contributed by atoms with van der Waals surface area (Å²) in [7, 11) is 0. The maximum atomic E-state index is 11.9. The van der Waals surface area contributed by atoms with Gasteiger partial charge in [0.2, 0.25) is 11.9 Å². The Morgan fingerprint density at radius 2 is 1.55 bits per heavy atom. The summed E-state index contributed by atoms with van der Waals surface area (Å²) in [4.78, 5) is 34.7. The molecule has 1 fully saturated rings. The van der Waals surface area contributed by atoms with E-state index in [0.717, 1.165) is 36.7 Å². The molecule has 7 heteroatoms. The molecule has 0 saturated carbocycles. The van der Waals surface area contributed by atoms with Crippen LogP contribution in [-0.4, -0.2) is 52.9 Å². The van der Waals surface area contributed by atoms with Crippen LogP contribution < -0.4 is 0 Å². The number of carbonyl (C=O) groups is 3. The fraction of sp³-hybridized carbons (Fsp3) is 0.808. The Morgan fingerprint density at radius 1 is 1.00 bits per heavy atom. The third kappa shape index (κ3) is 11.8. The third-order valence-electron chi connectivity index (χ3n) is 6.27. The highest BCUT2D eigenvalue weighted by Gasteiger charge is 2.46. The molecule has 1 aliphatic heterocycles. The van der Waals surface area contributed by atoms with Gasteiger partial charge in [-0.1, -0.05) is 78.2 Å². The van der Waals surface area contributed by atoms with Crippen LogP contribution in [-0.2, 0) is 23.9 Å². The molecule has 190 valence electrons. The summed E-state index contributed by atoms with van der Waals surface area (Å²) >= 11 is 0. The van der Waals surface area contributed by atoms with Gasteiger partial charge in [-0.2, -0.15) is 0 Å². The van der Waals surface area contributed by atoms with Gasteiger partial charge in [-0.05, 0) is 37.5 Å². The predicted octanol–water partition coefficient (Wildman–Crippen LogP) is 4.13. The van der Waals surface area contributed by atoms with Gasteiger partial charge in [0.1, 0.15) is 12.7 Å². The second kappa shape index (κ2) is 15.2. The molecule has 5 unspecified atom stereocenters. The number of allylic oxidation sites excluding steroid dienone is 1. The van der Waals surface area contributed by atoms with Gasteiger partial charge in [-0.3, -0.25) is 4.79 Å². The van der Waals surface area contributed by atoms with E-state index in [-0.39, 0.29) is 0 Å². The average molecular weight is 469 g/mol. The Balaban J connectivity index is 2.18. The lowest BCUT2D eigenvalue weighted by molar-refractivity contribution is -0.154. The van der Waals surface area contributed by atoms with Gasteiger partial charge in [0.25, 0.3) is 0 Å². The monoisotopic (exact) mass is 468 g/mol. The number of hydrogen-bond donors (Lipinski definition) is 2. The Labute approximate surface area is 198 Å². The second-order valence-electron chi connectivity index (χ2n) is 10.2. The van der Waals surface area contributed by atoms with Crippen LogP contribution in [0.25, 0.3) is 0 Å². The molecule has 33 heavy (non-hydrogen) atoms. The van der Waals surface area contributed by atoms with Crippen LogP contribution >= 0.6 is 0 Å². The molecular weight excluding hydrogens is 424 g/mol. The summed E-state index contributed by atoms with van der Waals surface area (Å²) < 4.78 is 9.57. The van der Waals surface area contributed by atoms with E-state index in [1.165, 1.54) is 44.6 Å². The van der Waals surface area contributed by atoms with E-state index in [4.69, 9.17) is 4.74 Å². The number of hydrogen-bond acceptors (Lipinski definition) is 7. The van der Waals surface area contributed by atoms with Gasteiger partial charge in [-0.25, -0.2) is 9.59 Å². The van der Waals surface area contributed by atoms with Crippen molar-refractivity contribution in [3.8, 4) is 0 Å². The van der Waals surface area contributed by atoms with Crippen LogP contribution in [0.15, 0.2) is 11.6 Å². The van der Waals surface area contributed by atoms with Gasteiger partial charge in [0.05, 0.1) is 0 Å². The summed E-state index contributed by atoms with van der Waals surface area (Å²) in [5, 5.41) is 19.2. The highest BCUT2D eigenvalue weighted by atomic mass is 16.6. The molecule has 0 aromatic heterocycles. The summed E-state index contributed by atoms with van der Waals surface area (Å²) in [5.74, 6) is -0.397. The summed E-state index contributed by atoms with van der Waals surface area (Å²) in [6.45, 7) is 10.6. The molecule has 7 nitrogen and oxygen atoms in total. The zero-order valence-electron chi connectivity index (χ0n) is 21.0. The highest BCUT2D eigenvalue weighted by molar-refractivity contribution is 6.09. The van der Waals surface area contributed by atoms with E-state index in [1.807, 2.05) is 6.92 Å². The zero-order chi connectivity index (χ0) is 25.0. The van der Waals surface area contributed by atoms with E-state index >= 15 is 0 Å². The zero-order valence-corrected chi connectivity index (χ0v) is 21.0. The first kappa shape index (κ1) is 29.3. The van der Waals surface area contributed by atoms with Crippen molar-refractivity contribution in [2.45, 2.75) is 111 Å². The topological polar surface area (TPSA) is 110 Å². The number of rotatable bonds is 16. The lowest BCUT2D eigenvalue weighted by atomic mass is 9.91. The molecule has 2 N–H and O–H groups in total. The van der Waals surface area contributed by atoms with Gasteiger partial charge < -0.3 is 19.7 Å². The first-order valence-electron chi connectivity index (χ1n) is 12.5. The maximum Gasteiger partial charge on any atom is 0.343 e. The van der Waals surface area contributed by atoms with Crippen LogP contribution in [0.4, 0.5) is 0 Å². The van der Waals surface area contributed by atoms with E-state index in [0.29, 0.717) is 5.92 Å². The molecule has 0 bridgehead atoms. The van der Waals surface area contributed by atoms with E-state index in [2.05, 4.69) is 32.4 Å². The lowest BCUT2D eigenvalue weighted by Crippen LogP contribution is -2.37. The third-order valence-corrected chi connectivity index (χ3v) is 6.27. The average Bonchev–Trinajstić information content (AvgIpc) is 2.99. The smallest absolute Gasteiger partial charge is 0.343 e. The Hall–Kier alpha value is -1.73. The molecule has 0 spiro atoms. The second-order valence-corrected chi connectivity index (χ2v) is 10.2. The normalized spacial score (nSPS) is 21.8. The van der Waals surface area contributed by atoms with Crippen molar-refractivity contribution >= 4 is 17.7 Å². The number of cyclic esters (lactones) is 1. The summed E-state index contributed by atoms with van der Waals surface area (Å²) in [5.41, 5.74) is 0.888. The minimum atomic E-state index is -1.89. The number of esters is 2. The molecule has 0 radical (unpaired) electrons. The van der Waals surface area contributed by atoms with Crippen LogP contribution in [0.3, 0.4) is 0 Å². The van der Waals surface area contributed by atoms with Crippen LogP contribution in [0.1, 0.15) is 92.4 Å². The quantitative estimate of drug-likeness (QED) is 0.199. The van der Waals surface area contributed by atoms with Crippen LogP contribution in [0, 0.1) is 17.8 Å². The lowest BCUT2D eigenvalue weighted by Gasteiger charge is -2.15. The molecule has 1 saturated heterocycles. The first-order chi connectivity index (χ1) is 15.5. The molecule has 1 heterocycles. The minimum absolute atomic E-state index is 0.494. The van der Waals surface area contributed by atoms with Gasteiger partial charge >= 0.3 is 11.9 Å². The molecule has 0 aliphatic carbocycles. The van der Waals surface area contributed by atoms with Crippen molar-refractivity contribution in [1.82, 2.24) is 0 Å². The van der Waals surface area contributed by atoms with Crippen molar-refractivity contribution in [3.05, 3.63) is 11.6 Å². The molecular formula is C26H44O7. The van der Waals surface area contributed by atoms with Crippen molar-refractivity contribution in [3.63, 3.8) is 0 Å². The molecule has 0 aromatic carbocycles. The van der Waals surface area contributed by atoms with Crippen molar-refractivity contribution in [1.29, 1.82) is 0 Å². The predicted molar refractivity (Wildman–Crippen MR) is 126 cm³/mol. The molecule has 0 aromatic rings. The van der Waals surface area contributed by atoms with Crippen molar-refractivity contribution in [2.24, 2.45) is 17.8 Å². The number of ketones is 1. The SMILES string of the molecule is CC(=CC(=O)OCC(O)C1OC(=O)C(O)C1=O)CCCC(C)CCCC(C)CCCC(C)C. The first-order valence-corrected chi connectivity index (χ1v) is 12.5. The number of carbonyl (C=O) groups excluding carboxylic acids is 3. The number of aliphatic hydroxyl groups excluding tert-OH is 2. The Morgan fingerprint density at radius 3 is 2.06 bits per heavy atom. The molecule has 5 atom stereocenters. The Kier molecular flexibility index (Phi) is 13.5. The maximum absolute atomic E-state index is 11.9. The summed E-state index contributed by atoms with van der Waals surface area (Å²) in [6, 6.07) is 0. The van der Waals surface area contributed by atoms with E-state index < -0.39 is 42.6 Å². The van der Waals surface area contributed by atoms with Crippen LogP contribution in [0.5, 0.6) is 0 Å². The summed E-state index contributed by atoms with van der Waals surface area (Å²) in [6.07, 6.45) is 7.15. The van der Waals surface area contributed by atoms with Crippen molar-refractivity contribution in [2.75, 3.05) is 6.61 Å². The fourth-order valence-electron chi connectivity index (χ4n) is 4.06. The molecule has 1 rings (SSSR count). The largest absolute Gasteiger partial charge is 0.460 e.